The highest BCUT2D eigenvalue weighted by atomic mass is 19.3. The van der Waals surface area contributed by atoms with Crippen LogP contribution in [0.4, 0.5) is 20.2 Å². The smallest absolute Gasteiger partial charge is 0.298 e. The Labute approximate surface area is 148 Å². The minimum Gasteiger partial charge on any atom is -0.396 e. The van der Waals surface area contributed by atoms with Crippen molar-refractivity contribution in [1.82, 2.24) is 9.78 Å². The number of aromatic nitrogens is 2. The Kier molecular flexibility index (Phi) is 3.72. The number of nitrogens with two attached hydrogens (primary N) is 1. The Morgan fingerprint density at radius 3 is 2.31 bits per heavy atom. The third-order valence-electron chi connectivity index (χ3n) is 4.53. The summed E-state index contributed by atoms with van der Waals surface area (Å²) in [6.07, 6.45) is 1.44. The lowest BCUT2D eigenvalue weighted by atomic mass is 10.00. The van der Waals surface area contributed by atoms with Crippen molar-refractivity contribution in [2.75, 3.05) is 17.2 Å². The first-order valence-corrected chi connectivity index (χ1v) is 8.15. The Morgan fingerprint density at radius 2 is 1.62 bits per heavy atom. The maximum absolute atomic E-state index is 14.6. The molecule has 0 saturated heterocycles. The van der Waals surface area contributed by atoms with Gasteiger partial charge in [-0.2, -0.15) is 13.9 Å². The molecular weight excluding hydrogens is 338 g/mol. The third kappa shape index (κ3) is 2.52. The van der Waals surface area contributed by atoms with E-state index in [4.69, 9.17) is 5.73 Å². The number of amides is 1. The van der Waals surface area contributed by atoms with Crippen molar-refractivity contribution in [3.63, 3.8) is 0 Å². The molecule has 0 aliphatic carbocycles. The topological polar surface area (TPSA) is 64.1 Å². The minimum atomic E-state index is -3.10. The number of nitrogen functional groups attached to an aromatic ring is 1. The molecule has 0 bridgehead atoms. The molecule has 0 atom stereocenters. The number of alkyl halides is 2. The van der Waals surface area contributed by atoms with Crippen LogP contribution in [0.3, 0.4) is 0 Å². The number of hydrogen-bond donors (Lipinski definition) is 1. The fourth-order valence-electron chi connectivity index (χ4n) is 3.14. The van der Waals surface area contributed by atoms with Gasteiger partial charge in [-0.15, -0.1) is 0 Å². The molecule has 0 fully saturated rings. The maximum atomic E-state index is 14.6. The normalized spacial score (nSPS) is 14.4. The molecule has 5 nitrogen and oxygen atoms in total. The van der Waals surface area contributed by atoms with Gasteiger partial charge < -0.3 is 10.6 Å². The second kappa shape index (κ2) is 5.94. The number of nitrogens with zero attached hydrogens (tertiary/aromatic N) is 3. The van der Waals surface area contributed by atoms with Gasteiger partial charge in [0.25, 0.3) is 11.8 Å². The molecule has 0 saturated carbocycles. The monoisotopic (exact) mass is 354 g/mol. The summed E-state index contributed by atoms with van der Waals surface area (Å²) in [5.41, 5.74) is 6.80. The van der Waals surface area contributed by atoms with Crippen molar-refractivity contribution in [3.05, 3.63) is 77.6 Å². The largest absolute Gasteiger partial charge is 0.396 e. The molecule has 1 amide bonds. The first-order valence-electron chi connectivity index (χ1n) is 8.15. The van der Waals surface area contributed by atoms with Crippen LogP contribution >= 0.6 is 0 Å². The van der Waals surface area contributed by atoms with Crippen LogP contribution in [0, 0.1) is 0 Å². The van der Waals surface area contributed by atoms with E-state index in [1.54, 1.807) is 22.9 Å². The molecule has 0 spiro atoms. The van der Waals surface area contributed by atoms with Gasteiger partial charge in [-0.3, -0.25) is 9.48 Å². The SMILES string of the molecule is Nc1cnn2c1C(=O)N(c1ccc(C(F)(F)c3ccccc3)cc1)CC2. The molecular formula is C19H16F2N4O. The first-order chi connectivity index (χ1) is 12.5. The molecule has 1 aliphatic rings. The molecule has 1 aromatic heterocycles. The number of carbonyl (C=O) groups is 1. The number of rotatable bonds is 3. The summed E-state index contributed by atoms with van der Waals surface area (Å²) in [5, 5.41) is 4.06. The van der Waals surface area contributed by atoms with Crippen molar-refractivity contribution in [3.8, 4) is 0 Å². The molecule has 1 aliphatic heterocycles. The summed E-state index contributed by atoms with van der Waals surface area (Å²) < 4.78 is 30.8. The van der Waals surface area contributed by atoms with Crippen LogP contribution in [0.5, 0.6) is 0 Å². The predicted molar refractivity (Wildman–Crippen MR) is 94.2 cm³/mol. The molecule has 2 heterocycles. The van der Waals surface area contributed by atoms with Gasteiger partial charge in [0.15, 0.2) is 0 Å². The Balaban J connectivity index is 1.63. The van der Waals surface area contributed by atoms with Gasteiger partial charge in [0.05, 0.1) is 18.4 Å². The maximum Gasteiger partial charge on any atom is 0.298 e. The highest BCUT2D eigenvalue weighted by molar-refractivity contribution is 6.08. The van der Waals surface area contributed by atoms with Gasteiger partial charge in [-0.1, -0.05) is 42.5 Å². The number of halogens is 2. The number of benzene rings is 2. The van der Waals surface area contributed by atoms with Gasteiger partial charge in [0, 0.05) is 23.4 Å². The van der Waals surface area contributed by atoms with E-state index in [-0.39, 0.29) is 17.0 Å². The Morgan fingerprint density at radius 1 is 0.962 bits per heavy atom. The van der Waals surface area contributed by atoms with Crippen LogP contribution in [0.1, 0.15) is 21.6 Å². The van der Waals surface area contributed by atoms with Crippen LogP contribution in [-0.2, 0) is 12.5 Å². The van der Waals surface area contributed by atoms with Crippen molar-refractivity contribution in [2.45, 2.75) is 12.5 Å². The minimum absolute atomic E-state index is 0.0709. The van der Waals surface area contributed by atoms with Crippen molar-refractivity contribution < 1.29 is 13.6 Å². The van der Waals surface area contributed by atoms with Crippen LogP contribution in [0.2, 0.25) is 0 Å². The van der Waals surface area contributed by atoms with Gasteiger partial charge in [-0.25, -0.2) is 0 Å². The summed E-state index contributed by atoms with van der Waals surface area (Å²) in [7, 11) is 0. The first kappa shape index (κ1) is 16.3. The summed E-state index contributed by atoms with van der Waals surface area (Å²) in [4.78, 5) is 14.2. The number of anilines is 2. The van der Waals surface area contributed by atoms with E-state index < -0.39 is 5.92 Å². The summed E-state index contributed by atoms with van der Waals surface area (Å²) in [6.45, 7) is 0.904. The lowest BCUT2D eigenvalue weighted by Gasteiger charge is -2.28. The van der Waals surface area contributed by atoms with Crippen molar-refractivity contribution >= 4 is 17.3 Å². The highest BCUT2D eigenvalue weighted by Crippen LogP contribution is 2.36. The number of fused-ring (bicyclic) bond motifs is 1. The van der Waals surface area contributed by atoms with Gasteiger partial charge in [0.1, 0.15) is 5.69 Å². The highest BCUT2D eigenvalue weighted by Gasteiger charge is 2.34. The van der Waals surface area contributed by atoms with Crippen LogP contribution in [0.15, 0.2) is 60.8 Å². The summed E-state index contributed by atoms with van der Waals surface area (Å²) in [6, 6.07) is 13.4. The Hall–Kier alpha value is -3.22. The predicted octanol–water partition coefficient (Wildman–Crippen LogP) is 3.27. The molecule has 26 heavy (non-hydrogen) atoms. The zero-order valence-electron chi connectivity index (χ0n) is 13.8. The summed E-state index contributed by atoms with van der Waals surface area (Å²) >= 11 is 0. The van der Waals surface area contributed by atoms with Crippen LogP contribution < -0.4 is 10.6 Å². The summed E-state index contributed by atoms with van der Waals surface area (Å²) in [5.74, 6) is -3.39. The van der Waals surface area contributed by atoms with Crippen molar-refractivity contribution in [2.24, 2.45) is 0 Å². The second-order valence-electron chi connectivity index (χ2n) is 6.12. The van der Waals surface area contributed by atoms with Gasteiger partial charge in [-0.05, 0) is 12.1 Å². The molecule has 7 heteroatoms. The van der Waals surface area contributed by atoms with E-state index in [1.165, 1.54) is 47.5 Å². The van der Waals surface area contributed by atoms with Crippen LogP contribution in [-0.4, -0.2) is 22.2 Å². The fourth-order valence-corrected chi connectivity index (χ4v) is 3.14. The average Bonchev–Trinajstić information content (AvgIpc) is 3.05. The standard InChI is InChI=1S/C19H16F2N4O/c20-19(21,13-4-2-1-3-5-13)14-6-8-15(9-7-14)24-10-11-25-17(18(24)26)16(22)12-23-25/h1-9,12H,10-11,22H2. The van der Waals surface area contributed by atoms with Crippen LogP contribution in [0.25, 0.3) is 0 Å². The van der Waals surface area contributed by atoms with E-state index in [0.717, 1.165) is 0 Å². The molecule has 0 unspecified atom stereocenters. The van der Waals surface area contributed by atoms with E-state index in [0.29, 0.717) is 30.2 Å². The number of carbonyl (C=O) groups excluding carboxylic acids is 1. The quantitative estimate of drug-likeness (QED) is 0.785. The average molecular weight is 354 g/mol. The molecule has 2 aromatic carbocycles. The molecule has 132 valence electrons. The van der Waals surface area contributed by atoms with Gasteiger partial charge in [0.2, 0.25) is 0 Å². The third-order valence-corrected chi connectivity index (χ3v) is 4.53. The van der Waals surface area contributed by atoms with Crippen molar-refractivity contribution in [1.29, 1.82) is 0 Å². The fraction of sp³-hybridized carbons (Fsp3) is 0.158. The molecule has 4 rings (SSSR count). The molecule has 0 radical (unpaired) electrons. The van der Waals surface area contributed by atoms with E-state index >= 15 is 0 Å². The molecule has 2 N–H and O–H groups in total. The van der Waals surface area contributed by atoms with E-state index in [2.05, 4.69) is 5.10 Å². The Bertz CT molecular complexity index is 951. The van der Waals surface area contributed by atoms with Gasteiger partial charge >= 0.3 is 0 Å². The second-order valence-corrected chi connectivity index (χ2v) is 6.12. The zero-order chi connectivity index (χ0) is 18.3. The van der Waals surface area contributed by atoms with E-state index in [9.17, 15) is 13.6 Å². The number of hydrogen-bond acceptors (Lipinski definition) is 3. The lowest BCUT2D eigenvalue weighted by Crippen LogP contribution is -2.40. The lowest BCUT2D eigenvalue weighted by molar-refractivity contribution is 0.0428. The molecule has 3 aromatic rings. The van der Waals surface area contributed by atoms with E-state index in [1.807, 2.05) is 0 Å². The zero-order valence-corrected chi connectivity index (χ0v) is 13.8.